The highest BCUT2D eigenvalue weighted by Gasteiger charge is 2.19. The lowest BCUT2D eigenvalue weighted by Crippen LogP contribution is -2.39. The number of carbonyl (C=O) groups excluding carboxylic acids is 1. The van der Waals surface area contributed by atoms with E-state index in [-0.39, 0.29) is 5.91 Å². The second-order valence-electron chi connectivity index (χ2n) is 5.62. The van der Waals surface area contributed by atoms with Gasteiger partial charge in [0.2, 0.25) is 5.91 Å². The lowest BCUT2D eigenvalue weighted by molar-refractivity contribution is -0.117. The summed E-state index contributed by atoms with van der Waals surface area (Å²) < 4.78 is 0. The second kappa shape index (κ2) is 7.41. The Labute approximate surface area is 121 Å². The molecule has 1 fully saturated rings. The van der Waals surface area contributed by atoms with Crippen molar-refractivity contribution in [1.82, 2.24) is 4.90 Å². The van der Waals surface area contributed by atoms with Crippen LogP contribution in [0.25, 0.3) is 0 Å². The highest BCUT2D eigenvalue weighted by Crippen LogP contribution is 2.16. The Morgan fingerprint density at radius 1 is 1.30 bits per heavy atom. The van der Waals surface area contributed by atoms with Gasteiger partial charge in [-0.2, -0.15) is 0 Å². The molecule has 0 aliphatic carbocycles. The summed E-state index contributed by atoms with van der Waals surface area (Å²) in [4.78, 5) is 14.4. The summed E-state index contributed by atoms with van der Waals surface area (Å²) in [5.41, 5.74) is 7.48. The zero-order valence-corrected chi connectivity index (χ0v) is 12.3. The Morgan fingerprint density at radius 3 is 2.75 bits per heavy atom. The minimum absolute atomic E-state index is 0.0687. The topological polar surface area (TPSA) is 58.4 Å². The first-order valence-electron chi connectivity index (χ1n) is 7.52. The van der Waals surface area contributed by atoms with E-state index in [9.17, 15) is 4.79 Å². The predicted molar refractivity (Wildman–Crippen MR) is 82.5 cm³/mol. The molecule has 1 aliphatic heterocycles. The second-order valence-corrected chi connectivity index (χ2v) is 5.62. The zero-order chi connectivity index (χ0) is 14.4. The van der Waals surface area contributed by atoms with Gasteiger partial charge >= 0.3 is 0 Å². The number of anilines is 1. The van der Waals surface area contributed by atoms with Crippen LogP contribution >= 0.6 is 0 Å². The Balaban J connectivity index is 1.87. The van der Waals surface area contributed by atoms with Crippen LogP contribution in [0.5, 0.6) is 0 Å². The first-order valence-corrected chi connectivity index (χ1v) is 7.52. The maximum absolute atomic E-state index is 12.1. The summed E-state index contributed by atoms with van der Waals surface area (Å²) in [6.07, 6.45) is 4.95. The van der Waals surface area contributed by atoms with Crippen LogP contribution < -0.4 is 11.1 Å². The first-order chi connectivity index (χ1) is 9.69. The van der Waals surface area contributed by atoms with Crippen molar-refractivity contribution in [2.75, 3.05) is 18.4 Å². The Bertz CT molecular complexity index is 430. The van der Waals surface area contributed by atoms with Crippen LogP contribution in [-0.4, -0.2) is 29.9 Å². The third-order valence-electron chi connectivity index (χ3n) is 4.01. The molecule has 1 heterocycles. The van der Waals surface area contributed by atoms with E-state index in [4.69, 9.17) is 5.73 Å². The standard InChI is InChI=1S/C16H25N3O/c1-13-5-3-2-4-10-19(13)12-16(20)18-15-8-6-14(11-17)7-9-15/h6-9,13H,2-5,10-12,17H2,1H3,(H,18,20). The average molecular weight is 275 g/mol. The Hall–Kier alpha value is -1.39. The summed E-state index contributed by atoms with van der Waals surface area (Å²) in [6.45, 7) is 4.26. The van der Waals surface area contributed by atoms with Crippen LogP contribution in [0.4, 0.5) is 5.69 Å². The van der Waals surface area contributed by atoms with Crippen molar-refractivity contribution in [3.63, 3.8) is 0 Å². The Morgan fingerprint density at radius 2 is 2.05 bits per heavy atom. The Kier molecular flexibility index (Phi) is 5.56. The molecule has 0 aromatic heterocycles. The molecule has 2 rings (SSSR count). The summed E-state index contributed by atoms with van der Waals surface area (Å²) in [7, 11) is 0. The van der Waals surface area contributed by atoms with Crippen molar-refractivity contribution in [2.24, 2.45) is 5.73 Å². The minimum atomic E-state index is 0.0687. The highest BCUT2D eigenvalue weighted by atomic mass is 16.2. The van der Waals surface area contributed by atoms with Crippen LogP contribution in [0, 0.1) is 0 Å². The number of nitrogens with two attached hydrogens (primary N) is 1. The SMILES string of the molecule is CC1CCCCCN1CC(=O)Nc1ccc(CN)cc1. The fourth-order valence-corrected chi connectivity index (χ4v) is 2.68. The fraction of sp³-hybridized carbons (Fsp3) is 0.562. The minimum Gasteiger partial charge on any atom is -0.326 e. The van der Waals surface area contributed by atoms with Gasteiger partial charge in [-0.25, -0.2) is 0 Å². The molecule has 4 heteroatoms. The lowest BCUT2D eigenvalue weighted by atomic mass is 10.1. The molecule has 0 radical (unpaired) electrons. The van der Waals surface area contributed by atoms with E-state index in [0.29, 0.717) is 19.1 Å². The lowest BCUT2D eigenvalue weighted by Gasteiger charge is -2.26. The van der Waals surface area contributed by atoms with E-state index < -0.39 is 0 Å². The monoisotopic (exact) mass is 275 g/mol. The van der Waals surface area contributed by atoms with Crippen LogP contribution in [0.15, 0.2) is 24.3 Å². The largest absolute Gasteiger partial charge is 0.326 e. The number of likely N-dealkylation sites (tertiary alicyclic amines) is 1. The van der Waals surface area contributed by atoms with Gasteiger partial charge in [0.05, 0.1) is 6.54 Å². The van der Waals surface area contributed by atoms with Gasteiger partial charge in [-0.3, -0.25) is 9.69 Å². The van der Waals surface area contributed by atoms with E-state index in [1.165, 1.54) is 25.7 Å². The first kappa shape index (κ1) is 15.0. The molecule has 1 aliphatic rings. The number of nitrogens with one attached hydrogen (secondary N) is 1. The third kappa shape index (κ3) is 4.32. The van der Waals surface area contributed by atoms with Gasteiger partial charge in [-0.05, 0) is 44.0 Å². The van der Waals surface area contributed by atoms with Crippen molar-refractivity contribution in [1.29, 1.82) is 0 Å². The molecule has 3 N–H and O–H groups in total. The number of nitrogens with zero attached hydrogens (tertiary/aromatic N) is 1. The smallest absolute Gasteiger partial charge is 0.238 e. The quantitative estimate of drug-likeness (QED) is 0.887. The van der Waals surface area contributed by atoms with Crippen molar-refractivity contribution in [3.8, 4) is 0 Å². The van der Waals surface area contributed by atoms with Gasteiger partial charge in [0.25, 0.3) is 0 Å². The van der Waals surface area contributed by atoms with Gasteiger partial charge in [0, 0.05) is 18.3 Å². The number of amides is 1. The van der Waals surface area contributed by atoms with Gasteiger partial charge < -0.3 is 11.1 Å². The predicted octanol–water partition coefficient (Wildman–Crippen LogP) is 2.35. The van der Waals surface area contributed by atoms with E-state index in [2.05, 4.69) is 17.1 Å². The third-order valence-corrected chi connectivity index (χ3v) is 4.01. The molecule has 0 saturated carbocycles. The van der Waals surface area contributed by atoms with Crippen molar-refractivity contribution in [2.45, 2.75) is 45.2 Å². The molecule has 1 aromatic carbocycles. The van der Waals surface area contributed by atoms with Crippen LogP contribution in [0.1, 0.15) is 38.2 Å². The molecule has 1 saturated heterocycles. The number of hydrogen-bond donors (Lipinski definition) is 2. The zero-order valence-electron chi connectivity index (χ0n) is 12.3. The molecule has 1 atom stereocenters. The summed E-state index contributed by atoms with van der Waals surface area (Å²) in [5, 5.41) is 2.96. The van der Waals surface area contributed by atoms with Gasteiger partial charge in [0.1, 0.15) is 0 Å². The molecule has 1 aromatic rings. The molecular weight excluding hydrogens is 250 g/mol. The van der Waals surface area contributed by atoms with Gasteiger partial charge in [-0.1, -0.05) is 25.0 Å². The molecule has 1 amide bonds. The molecule has 0 bridgehead atoms. The average Bonchev–Trinajstić information content (AvgIpc) is 2.65. The van der Waals surface area contributed by atoms with Gasteiger partial charge in [-0.15, -0.1) is 0 Å². The molecular formula is C16H25N3O. The molecule has 0 spiro atoms. The molecule has 110 valence electrons. The summed E-state index contributed by atoms with van der Waals surface area (Å²) in [6, 6.07) is 8.22. The number of hydrogen-bond acceptors (Lipinski definition) is 3. The number of rotatable bonds is 4. The normalized spacial score (nSPS) is 20.4. The molecule has 4 nitrogen and oxygen atoms in total. The van der Waals surface area contributed by atoms with E-state index in [1.54, 1.807) is 0 Å². The van der Waals surface area contributed by atoms with Crippen LogP contribution in [-0.2, 0) is 11.3 Å². The number of carbonyl (C=O) groups is 1. The fourth-order valence-electron chi connectivity index (χ4n) is 2.68. The van der Waals surface area contributed by atoms with Crippen LogP contribution in [0.2, 0.25) is 0 Å². The summed E-state index contributed by atoms with van der Waals surface area (Å²) >= 11 is 0. The highest BCUT2D eigenvalue weighted by molar-refractivity contribution is 5.92. The number of benzene rings is 1. The van der Waals surface area contributed by atoms with Gasteiger partial charge in [0.15, 0.2) is 0 Å². The van der Waals surface area contributed by atoms with Crippen molar-refractivity contribution >= 4 is 11.6 Å². The summed E-state index contributed by atoms with van der Waals surface area (Å²) in [5.74, 6) is 0.0687. The van der Waals surface area contributed by atoms with E-state index >= 15 is 0 Å². The van der Waals surface area contributed by atoms with Crippen LogP contribution in [0.3, 0.4) is 0 Å². The van der Waals surface area contributed by atoms with Crippen molar-refractivity contribution < 1.29 is 4.79 Å². The molecule has 20 heavy (non-hydrogen) atoms. The molecule has 1 unspecified atom stereocenters. The maximum Gasteiger partial charge on any atom is 0.238 e. The maximum atomic E-state index is 12.1. The van der Waals surface area contributed by atoms with Crippen molar-refractivity contribution in [3.05, 3.63) is 29.8 Å². The van der Waals surface area contributed by atoms with E-state index in [1.807, 2.05) is 24.3 Å². The van der Waals surface area contributed by atoms with E-state index in [0.717, 1.165) is 17.8 Å².